The number of allylic oxidation sites excluding steroid dienone is 1. The normalized spacial score (nSPS) is 12.4. The van der Waals surface area contributed by atoms with Gasteiger partial charge < -0.3 is 5.11 Å². The minimum atomic E-state index is -0.391. The zero-order valence-electron chi connectivity index (χ0n) is 10.5. The lowest BCUT2D eigenvalue weighted by Gasteiger charge is -2.14. The first-order valence-corrected chi connectivity index (χ1v) is 6.58. The van der Waals surface area contributed by atoms with Crippen LogP contribution >= 0.6 is 11.6 Å². The molecule has 2 heteroatoms. The van der Waals surface area contributed by atoms with Crippen LogP contribution in [0, 0.1) is 6.92 Å². The van der Waals surface area contributed by atoms with Crippen molar-refractivity contribution < 1.29 is 5.11 Å². The predicted octanol–water partition coefficient (Wildman–Crippen LogP) is 4.82. The van der Waals surface area contributed by atoms with Crippen LogP contribution in [0.2, 0.25) is 5.02 Å². The minimum Gasteiger partial charge on any atom is -0.388 e. The van der Waals surface area contributed by atoms with Crippen LogP contribution in [0.15, 0.2) is 30.9 Å². The summed E-state index contributed by atoms with van der Waals surface area (Å²) in [7, 11) is 0. The van der Waals surface area contributed by atoms with Crippen molar-refractivity contribution >= 4 is 11.6 Å². The van der Waals surface area contributed by atoms with Gasteiger partial charge in [0.1, 0.15) is 0 Å². The average Bonchev–Trinajstić information content (AvgIpc) is 2.32. The molecule has 0 bridgehead atoms. The van der Waals surface area contributed by atoms with Crippen LogP contribution in [0.25, 0.3) is 0 Å². The zero-order valence-corrected chi connectivity index (χ0v) is 11.2. The number of halogens is 1. The molecule has 0 aliphatic rings. The van der Waals surface area contributed by atoms with Gasteiger partial charge in [-0.3, -0.25) is 0 Å². The van der Waals surface area contributed by atoms with Crippen molar-refractivity contribution in [3.8, 4) is 0 Å². The van der Waals surface area contributed by atoms with E-state index >= 15 is 0 Å². The topological polar surface area (TPSA) is 20.2 Å². The lowest BCUT2D eigenvalue weighted by atomic mass is 9.99. The van der Waals surface area contributed by atoms with Crippen LogP contribution in [0.4, 0.5) is 0 Å². The monoisotopic (exact) mass is 252 g/mol. The highest BCUT2D eigenvalue weighted by Crippen LogP contribution is 2.25. The molecule has 0 heterocycles. The summed E-state index contributed by atoms with van der Waals surface area (Å²) >= 11 is 5.94. The molecule has 0 aliphatic heterocycles. The Morgan fingerprint density at radius 3 is 2.82 bits per heavy atom. The van der Waals surface area contributed by atoms with Crippen LogP contribution in [0.5, 0.6) is 0 Å². The summed E-state index contributed by atoms with van der Waals surface area (Å²) in [6, 6.07) is 5.68. The zero-order chi connectivity index (χ0) is 12.7. The Labute approximate surface area is 109 Å². The molecule has 0 aliphatic carbocycles. The minimum absolute atomic E-state index is 0.391. The van der Waals surface area contributed by atoms with Crippen molar-refractivity contribution in [2.75, 3.05) is 0 Å². The molecule has 0 radical (unpaired) electrons. The van der Waals surface area contributed by atoms with Gasteiger partial charge in [0.25, 0.3) is 0 Å². The van der Waals surface area contributed by atoms with Crippen LogP contribution in [-0.2, 0) is 0 Å². The Kier molecular flexibility index (Phi) is 6.31. The van der Waals surface area contributed by atoms with Gasteiger partial charge in [-0.15, -0.1) is 6.58 Å². The highest BCUT2D eigenvalue weighted by molar-refractivity contribution is 6.30. The van der Waals surface area contributed by atoms with Gasteiger partial charge in [0.15, 0.2) is 0 Å². The number of aliphatic hydroxyl groups is 1. The smallest absolute Gasteiger partial charge is 0.0793 e. The van der Waals surface area contributed by atoms with E-state index in [2.05, 4.69) is 6.58 Å². The molecule has 0 spiro atoms. The molecule has 94 valence electrons. The van der Waals surface area contributed by atoms with Crippen LogP contribution < -0.4 is 0 Å². The first-order chi connectivity index (χ1) is 8.15. The van der Waals surface area contributed by atoms with E-state index in [1.807, 2.05) is 31.2 Å². The number of aryl methyl sites for hydroxylation is 1. The SMILES string of the molecule is C=CCCCCCC(O)c1cc(Cl)ccc1C. The summed E-state index contributed by atoms with van der Waals surface area (Å²) in [5.41, 5.74) is 2.06. The van der Waals surface area contributed by atoms with Gasteiger partial charge in [0.2, 0.25) is 0 Å². The molecular formula is C15H21ClO. The summed E-state index contributed by atoms with van der Waals surface area (Å²) in [4.78, 5) is 0. The molecule has 1 N–H and O–H groups in total. The number of rotatable bonds is 7. The second kappa shape index (κ2) is 7.52. The number of unbranched alkanes of at least 4 members (excludes halogenated alkanes) is 3. The first-order valence-electron chi connectivity index (χ1n) is 6.20. The Hall–Kier alpha value is -0.790. The first kappa shape index (κ1) is 14.3. The van der Waals surface area contributed by atoms with Crippen LogP contribution in [0.1, 0.15) is 49.3 Å². The predicted molar refractivity (Wildman–Crippen MR) is 74.4 cm³/mol. The number of benzene rings is 1. The maximum atomic E-state index is 10.1. The van der Waals surface area contributed by atoms with E-state index in [9.17, 15) is 5.11 Å². The Balaban J connectivity index is 2.43. The molecule has 17 heavy (non-hydrogen) atoms. The van der Waals surface area contributed by atoms with Crippen molar-refractivity contribution in [1.82, 2.24) is 0 Å². The molecule has 1 aromatic rings. The maximum Gasteiger partial charge on any atom is 0.0793 e. The van der Waals surface area contributed by atoms with E-state index in [4.69, 9.17) is 11.6 Å². The van der Waals surface area contributed by atoms with E-state index in [1.165, 1.54) is 0 Å². The molecule has 1 aromatic carbocycles. The van der Waals surface area contributed by atoms with Gasteiger partial charge in [0.05, 0.1) is 6.10 Å². The van der Waals surface area contributed by atoms with Crippen molar-refractivity contribution in [3.05, 3.63) is 47.0 Å². The van der Waals surface area contributed by atoms with Crippen LogP contribution in [0.3, 0.4) is 0 Å². The van der Waals surface area contributed by atoms with Gasteiger partial charge >= 0.3 is 0 Å². The van der Waals surface area contributed by atoms with E-state index < -0.39 is 6.10 Å². The Bertz CT molecular complexity index is 360. The lowest BCUT2D eigenvalue weighted by Crippen LogP contribution is -2.00. The second-order valence-corrected chi connectivity index (χ2v) is 4.88. The highest BCUT2D eigenvalue weighted by atomic mass is 35.5. The third-order valence-corrected chi connectivity index (χ3v) is 3.22. The molecular weight excluding hydrogens is 232 g/mol. The van der Waals surface area contributed by atoms with Gasteiger partial charge in [-0.1, -0.05) is 36.6 Å². The van der Waals surface area contributed by atoms with E-state index in [0.29, 0.717) is 5.02 Å². The highest BCUT2D eigenvalue weighted by Gasteiger charge is 2.10. The molecule has 1 nitrogen and oxygen atoms in total. The standard InChI is InChI=1S/C15H21ClO/c1-3-4-5-6-7-8-15(17)14-11-13(16)10-9-12(14)2/h3,9-11,15,17H,1,4-8H2,2H3. The summed E-state index contributed by atoms with van der Waals surface area (Å²) in [6.07, 6.45) is 6.76. The molecule has 0 saturated carbocycles. The maximum absolute atomic E-state index is 10.1. The van der Waals surface area contributed by atoms with E-state index in [1.54, 1.807) is 0 Å². The summed E-state index contributed by atoms with van der Waals surface area (Å²) < 4.78 is 0. The van der Waals surface area contributed by atoms with Crippen molar-refractivity contribution in [3.63, 3.8) is 0 Å². The average molecular weight is 253 g/mol. The number of hydrogen-bond acceptors (Lipinski definition) is 1. The molecule has 1 rings (SSSR count). The third-order valence-electron chi connectivity index (χ3n) is 2.99. The molecule has 1 unspecified atom stereocenters. The number of aliphatic hydroxyl groups excluding tert-OH is 1. The van der Waals surface area contributed by atoms with Gasteiger partial charge in [-0.05, 0) is 49.4 Å². The Morgan fingerprint density at radius 1 is 1.35 bits per heavy atom. The molecule has 0 saturated heterocycles. The molecule has 0 aromatic heterocycles. The fourth-order valence-electron chi connectivity index (χ4n) is 1.93. The summed E-state index contributed by atoms with van der Waals surface area (Å²) in [5, 5.41) is 10.8. The lowest BCUT2D eigenvalue weighted by molar-refractivity contribution is 0.163. The van der Waals surface area contributed by atoms with Crippen molar-refractivity contribution in [2.24, 2.45) is 0 Å². The summed E-state index contributed by atoms with van der Waals surface area (Å²) in [5.74, 6) is 0. The number of hydrogen-bond donors (Lipinski definition) is 1. The molecule has 0 amide bonds. The summed E-state index contributed by atoms with van der Waals surface area (Å²) in [6.45, 7) is 5.70. The van der Waals surface area contributed by atoms with Gasteiger partial charge in [-0.25, -0.2) is 0 Å². The Morgan fingerprint density at radius 2 is 2.12 bits per heavy atom. The van der Waals surface area contributed by atoms with Crippen molar-refractivity contribution in [2.45, 2.75) is 45.1 Å². The molecule has 1 atom stereocenters. The second-order valence-electron chi connectivity index (χ2n) is 4.44. The quantitative estimate of drug-likeness (QED) is 0.545. The molecule has 0 fully saturated rings. The fraction of sp³-hybridized carbons (Fsp3) is 0.467. The van der Waals surface area contributed by atoms with Gasteiger partial charge in [0, 0.05) is 5.02 Å². The fourth-order valence-corrected chi connectivity index (χ4v) is 2.11. The van der Waals surface area contributed by atoms with Gasteiger partial charge in [-0.2, -0.15) is 0 Å². The van der Waals surface area contributed by atoms with E-state index in [0.717, 1.165) is 43.2 Å². The van der Waals surface area contributed by atoms with Crippen molar-refractivity contribution in [1.29, 1.82) is 0 Å². The van der Waals surface area contributed by atoms with Crippen LogP contribution in [-0.4, -0.2) is 5.11 Å². The van der Waals surface area contributed by atoms with E-state index in [-0.39, 0.29) is 0 Å². The largest absolute Gasteiger partial charge is 0.388 e. The third kappa shape index (κ3) is 4.93.